The Morgan fingerprint density at radius 2 is 1.89 bits per heavy atom. The third-order valence-corrected chi connectivity index (χ3v) is 6.94. The molecule has 1 amide bonds. The minimum Gasteiger partial charge on any atom is -0.474 e. The summed E-state index contributed by atoms with van der Waals surface area (Å²) in [6, 6.07) is 11.9. The zero-order valence-electron chi connectivity index (χ0n) is 20.8. The van der Waals surface area contributed by atoms with Gasteiger partial charge in [-0.25, -0.2) is 9.97 Å². The lowest BCUT2D eigenvalue weighted by atomic mass is 9.96. The number of aryl methyl sites for hydroxylation is 1. The molecule has 36 heavy (non-hydrogen) atoms. The number of carbonyl (C=O) groups excluding carboxylic acids is 1. The standard InChI is InChI=1S/C27H33N5O4/c1-3-30-25-23(26(34)31(27(30)35)14-5-15-33)32(17-19-10-8-18(2)9-11-19)24(29-25)20-12-13-22(28-16-20)36-21-6-4-7-21/h8-13,16,21,27,33,35H,3-7,14-15,17H2,1-2H3. The molecule has 5 rings (SSSR count). The Balaban J connectivity index is 1.58. The number of aliphatic hydroxyl groups excluding tert-OH is 2. The van der Waals surface area contributed by atoms with E-state index in [0.29, 0.717) is 42.7 Å². The van der Waals surface area contributed by atoms with Gasteiger partial charge in [0.05, 0.1) is 0 Å². The molecule has 9 heteroatoms. The highest BCUT2D eigenvalue weighted by molar-refractivity contribution is 6.00. The molecule has 1 fully saturated rings. The van der Waals surface area contributed by atoms with Gasteiger partial charge in [-0.15, -0.1) is 0 Å². The van der Waals surface area contributed by atoms with Crippen molar-refractivity contribution in [3.8, 4) is 17.3 Å². The first-order valence-electron chi connectivity index (χ1n) is 12.7. The van der Waals surface area contributed by atoms with Gasteiger partial charge in [-0.05, 0) is 51.2 Å². The lowest BCUT2D eigenvalue weighted by Gasteiger charge is -2.40. The van der Waals surface area contributed by atoms with E-state index in [4.69, 9.17) is 9.72 Å². The van der Waals surface area contributed by atoms with Crippen LogP contribution in [0.2, 0.25) is 0 Å². The van der Waals surface area contributed by atoms with Crippen LogP contribution in [0.25, 0.3) is 11.4 Å². The molecule has 1 aromatic carbocycles. The molecule has 3 aromatic rings. The molecular weight excluding hydrogens is 458 g/mol. The number of ether oxygens (including phenoxy) is 1. The van der Waals surface area contributed by atoms with Crippen molar-refractivity contribution in [3.05, 3.63) is 59.4 Å². The maximum atomic E-state index is 13.7. The van der Waals surface area contributed by atoms with E-state index in [9.17, 15) is 15.0 Å². The molecule has 2 N–H and O–H groups in total. The first kappa shape index (κ1) is 24.3. The summed E-state index contributed by atoms with van der Waals surface area (Å²) < 4.78 is 7.82. The van der Waals surface area contributed by atoms with Crippen molar-refractivity contribution in [3.63, 3.8) is 0 Å². The monoisotopic (exact) mass is 491 g/mol. The number of aromatic nitrogens is 3. The van der Waals surface area contributed by atoms with Gasteiger partial charge in [-0.2, -0.15) is 0 Å². The van der Waals surface area contributed by atoms with E-state index in [-0.39, 0.29) is 25.2 Å². The highest BCUT2D eigenvalue weighted by Crippen LogP contribution is 2.35. The van der Waals surface area contributed by atoms with Gasteiger partial charge in [-0.1, -0.05) is 29.8 Å². The van der Waals surface area contributed by atoms with Crippen molar-refractivity contribution in [2.75, 3.05) is 24.6 Å². The Morgan fingerprint density at radius 1 is 1.11 bits per heavy atom. The number of pyridine rings is 1. The molecule has 2 aromatic heterocycles. The molecule has 1 saturated carbocycles. The molecule has 190 valence electrons. The molecule has 2 aliphatic rings. The van der Waals surface area contributed by atoms with Gasteiger partial charge in [0.25, 0.3) is 5.91 Å². The maximum absolute atomic E-state index is 13.7. The number of rotatable bonds is 9. The van der Waals surface area contributed by atoms with Gasteiger partial charge in [0, 0.05) is 44.1 Å². The van der Waals surface area contributed by atoms with Crippen molar-refractivity contribution in [1.29, 1.82) is 0 Å². The second-order valence-corrected chi connectivity index (χ2v) is 9.44. The Bertz CT molecular complexity index is 1200. The van der Waals surface area contributed by atoms with Gasteiger partial charge in [-0.3, -0.25) is 9.69 Å². The van der Waals surface area contributed by atoms with Crippen molar-refractivity contribution >= 4 is 11.7 Å². The normalized spacial score (nSPS) is 17.8. The minimum atomic E-state index is -1.14. The van der Waals surface area contributed by atoms with E-state index in [0.717, 1.165) is 29.5 Å². The predicted molar refractivity (Wildman–Crippen MR) is 136 cm³/mol. The number of carbonyl (C=O) groups is 1. The third-order valence-electron chi connectivity index (χ3n) is 6.94. The van der Waals surface area contributed by atoms with E-state index in [1.165, 1.54) is 11.3 Å². The summed E-state index contributed by atoms with van der Waals surface area (Å²) in [4.78, 5) is 26.2. The number of amides is 1. The van der Waals surface area contributed by atoms with Gasteiger partial charge in [0.2, 0.25) is 12.2 Å². The molecule has 0 bridgehead atoms. The van der Waals surface area contributed by atoms with E-state index in [1.807, 2.05) is 54.8 Å². The molecule has 0 radical (unpaired) electrons. The second-order valence-electron chi connectivity index (χ2n) is 9.44. The van der Waals surface area contributed by atoms with Crippen LogP contribution >= 0.6 is 0 Å². The summed E-state index contributed by atoms with van der Waals surface area (Å²) in [6.45, 7) is 5.03. The molecule has 0 saturated heterocycles. The van der Waals surface area contributed by atoms with Gasteiger partial charge < -0.3 is 24.4 Å². The number of imidazole rings is 1. The van der Waals surface area contributed by atoms with Crippen LogP contribution in [0.1, 0.15) is 54.2 Å². The molecule has 1 aliphatic heterocycles. The Labute approximate surface area is 211 Å². The second kappa shape index (κ2) is 10.3. The number of hydrogen-bond acceptors (Lipinski definition) is 7. The molecule has 3 heterocycles. The molecule has 0 spiro atoms. The van der Waals surface area contributed by atoms with E-state index in [1.54, 1.807) is 11.1 Å². The first-order valence-corrected chi connectivity index (χ1v) is 12.7. The minimum absolute atomic E-state index is 0.0652. The fourth-order valence-corrected chi connectivity index (χ4v) is 4.63. The number of nitrogens with zero attached hydrogens (tertiary/aromatic N) is 5. The van der Waals surface area contributed by atoms with Crippen LogP contribution in [0.15, 0.2) is 42.6 Å². The predicted octanol–water partition coefficient (Wildman–Crippen LogP) is 3.17. The molecule has 1 aliphatic carbocycles. The topological polar surface area (TPSA) is 104 Å². The number of hydrogen-bond donors (Lipinski definition) is 2. The summed E-state index contributed by atoms with van der Waals surface area (Å²) >= 11 is 0. The molecular formula is C27H33N5O4. The zero-order valence-corrected chi connectivity index (χ0v) is 20.8. The average molecular weight is 492 g/mol. The van der Waals surface area contributed by atoms with Crippen molar-refractivity contribution in [2.45, 2.75) is 58.5 Å². The number of anilines is 1. The molecule has 9 nitrogen and oxygen atoms in total. The summed E-state index contributed by atoms with van der Waals surface area (Å²) in [6.07, 6.45) is 4.50. The third kappa shape index (κ3) is 4.56. The highest BCUT2D eigenvalue weighted by atomic mass is 16.5. The van der Waals surface area contributed by atoms with Crippen LogP contribution in [-0.2, 0) is 6.54 Å². The molecule has 1 unspecified atom stereocenters. The fourth-order valence-electron chi connectivity index (χ4n) is 4.63. The van der Waals surface area contributed by atoms with Crippen LogP contribution in [0, 0.1) is 6.92 Å². The number of aliphatic hydroxyl groups is 2. The first-order chi connectivity index (χ1) is 17.5. The zero-order chi connectivity index (χ0) is 25.2. The van der Waals surface area contributed by atoms with Gasteiger partial charge in [0.15, 0.2) is 11.5 Å². The Kier molecular flexibility index (Phi) is 6.93. The lowest BCUT2D eigenvalue weighted by molar-refractivity contribution is -0.00104. The SMILES string of the molecule is CCN1c2nc(-c3ccc(OC4CCC4)nc3)n(Cc3ccc(C)cc3)c2C(=O)N(CCCO)C1O. The average Bonchev–Trinajstić information content (AvgIpc) is 3.22. The van der Waals surface area contributed by atoms with Crippen molar-refractivity contribution < 1.29 is 19.7 Å². The summed E-state index contributed by atoms with van der Waals surface area (Å²) in [5.41, 5.74) is 3.37. The molecule has 1 atom stereocenters. The van der Waals surface area contributed by atoms with Gasteiger partial charge in [0.1, 0.15) is 11.9 Å². The van der Waals surface area contributed by atoms with Crippen LogP contribution < -0.4 is 9.64 Å². The highest BCUT2D eigenvalue weighted by Gasteiger charge is 2.40. The summed E-state index contributed by atoms with van der Waals surface area (Å²) in [5.74, 6) is 1.33. The van der Waals surface area contributed by atoms with E-state index >= 15 is 0 Å². The Morgan fingerprint density at radius 3 is 2.50 bits per heavy atom. The fraction of sp³-hybridized carbons (Fsp3) is 0.444. The van der Waals surface area contributed by atoms with Crippen molar-refractivity contribution in [1.82, 2.24) is 19.4 Å². The van der Waals surface area contributed by atoms with E-state index < -0.39 is 6.35 Å². The smallest absolute Gasteiger partial charge is 0.277 e. The number of fused-ring (bicyclic) bond motifs is 1. The van der Waals surface area contributed by atoms with E-state index in [2.05, 4.69) is 4.98 Å². The van der Waals surface area contributed by atoms with Crippen molar-refractivity contribution in [2.24, 2.45) is 0 Å². The van der Waals surface area contributed by atoms with Crippen LogP contribution in [-0.4, -0.2) is 67.7 Å². The number of benzene rings is 1. The lowest BCUT2D eigenvalue weighted by Crippen LogP contribution is -2.56. The quantitative estimate of drug-likeness (QED) is 0.474. The van der Waals surface area contributed by atoms with Crippen LogP contribution in [0.5, 0.6) is 5.88 Å². The van der Waals surface area contributed by atoms with Crippen LogP contribution in [0.3, 0.4) is 0 Å². The maximum Gasteiger partial charge on any atom is 0.277 e. The summed E-state index contributed by atoms with van der Waals surface area (Å²) in [5, 5.41) is 20.3. The van der Waals surface area contributed by atoms with Crippen LogP contribution in [0.4, 0.5) is 5.82 Å². The van der Waals surface area contributed by atoms with Gasteiger partial charge >= 0.3 is 0 Å². The Hall–Kier alpha value is -3.43. The summed E-state index contributed by atoms with van der Waals surface area (Å²) in [7, 11) is 0. The largest absolute Gasteiger partial charge is 0.474 e.